The van der Waals surface area contributed by atoms with Crippen molar-refractivity contribution >= 4 is 40.3 Å². The molecule has 0 saturated carbocycles. The molecule has 1 N–H and O–H groups in total. The van der Waals surface area contributed by atoms with Crippen LogP contribution >= 0.6 is 11.8 Å². The molecule has 2 unspecified atom stereocenters. The number of nitro groups is 1. The van der Waals surface area contributed by atoms with Gasteiger partial charge in [0.05, 0.1) is 10.7 Å². The summed E-state index contributed by atoms with van der Waals surface area (Å²) < 4.78 is 0. The maximum atomic E-state index is 12.4. The molecule has 0 spiro atoms. The fourth-order valence-electron chi connectivity index (χ4n) is 3.10. The number of nitro benzene ring substituents is 1. The molecular weight excluding hydrogens is 386 g/mol. The maximum Gasteiger partial charge on any atom is 0.325 e. The van der Waals surface area contributed by atoms with Gasteiger partial charge in [-0.3, -0.25) is 25.0 Å². The first-order chi connectivity index (χ1) is 13.2. The number of non-ortho nitro benzene ring substituents is 1. The number of amidine groups is 1. The number of ketones is 1. The van der Waals surface area contributed by atoms with E-state index < -0.39 is 29.1 Å². The van der Waals surface area contributed by atoms with Crippen LogP contribution < -0.4 is 5.32 Å². The normalized spacial score (nSPS) is 21.5. The van der Waals surface area contributed by atoms with Crippen molar-refractivity contribution in [3.63, 3.8) is 0 Å². The van der Waals surface area contributed by atoms with Crippen LogP contribution in [0.3, 0.4) is 0 Å². The van der Waals surface area contributed by atoms with E-state index in [2.05, 4.69) is 10.3 Å². The van der Waals surface area contributed by atoms with Crippen molar-refractivity contribution < 1.29 is 19.3 Å². The van der Waals surface area contributed by atoms with Crippen molar-refractivity contribution in [3.05, 3.63) is 39.9 Å². The van der Waals surface area contributed by atoms with Crippen LogP contribution in [0.1, 0.15) is 24.2 Å². The van der Waals surface area contributed by atoms with Gasteiger partial charge in [0, 0.05) is 30.8 Å². The Labute approximate surface area is 165 Å². The van der Waals surface area contributed by atoms with E-state index >= 15 is 0 Å². The van der Waals surface area contributed by atoms with E-state index in [1.807, 2.05) is 13.8 Å². The van der Waals surface area contributed by atoms with E-state index in [1.165, 1.54) is 40.9 Å². The zero-order valence-electron chi connectivity index (χ0n) is 15.5. The van der Waals surface area contributed by atoms with Gasteiger partial charge in [-0.1, -0.05) is 11.8 Å². The summed E-state index contributed by atoms with van der Waals surface area (Å²) in [6.45, 7) is 3.81. The fourth-order valence-corrected chi connectivity index (χ4v) is 4.18. The summed E-state index contributed by atoms with van der Waals surface area (Å²) in [4.78, 5) is 54.5. The SMILES string of the molecule is CC(C)N1C(SCC(=O)c2ccc([N+](=O)[O-])cc2)=NC2C1C(=O)NC(=O)N2C. The summed E-state index contributed by atoms with van der Waals surface area (Å²) in [5.41, 5.74) is 0.272. The van der Waals surface area contributed by atoms with E-state index in [0.717, 1.165) is 0 Å². The molecule has 148 valence electrons. The summed E-state index contributed by atoms with van der Waals surface area (Å²) in [6.07, 6.45) is -0.638. The van der Waals surface area contributed by atoms with Crippen LogP contribution in [0.4, 0.5) is 10.5 Å². The predicted octanol–water partition coefficient (Wildman–Crippen LogP) is 1.47. The van der Waals surface area contributed by atoms with Crippen LogP contribution in [0.5, 0.6) is 0 Å². The molecule has 10 nitrogen and oxygen atoms in total. The lowest BCUT2D eigenvalue weighted by molar-refractivity contribution is -0.384. The smallest absolute Gasteiger partial charge is 0.325 e. The number of fused-ring (bicyclic) bond motifs is 1. The van der Waals surface area contributed by atoms with Crippen molar-refractivity contribution in [3.8, 4) is 0 Å². The monoisotopic (exact) mass is 405 g/mol. The average Bonchev–Trinajstić information content (AvgIpc) is 3.05. The van der Waals surface area contributed by atoms with Gasteiger partial charge < -0.3 is 9.80 Å². The number of hydrogen-bond acceptors (Lipinski definition) is 8. The number of Topliss-reactive ketones (excluding diaryl/α,β-unsaturated/α-hetero) is 1. The molecule has 1 saturated heterocycles. The Morgan fingerprint density at radius 2 is 1.96 bits per heavy atom. The molecule has 0 bridgehead atoms. The molecule has 0 radical (unpaired) electrons. The van der Waals surface area contributed by atoms with Crippen LogP contribution in [0, 0.1) is 10.1 Å². The first-order valence-corrected chi connectivity index (χ1v) is 9.53. The minimum atomic E-state index is -0.639. The second-order valence-electron chi connectivity index (χ2n) is 6.69. The van der Waals surface area contributed by atoms with Gasteiger partial charge in [-0.25, -0.2) is 9.79 Å². The summed E-state index contributed by atoms with van der Waals surface area (Å²) in [5.74, 6) is -0.573. The van der Waals surface area contributed by atoms with Gasteiger partial charge in [0.25, 0.3) is 11.6 Å². The number of rotatable bonds is 5. The Balaban J connectivity index is 1.75. The fraction of sp³-hybridized carbons (Fsp3) is 0.412. The molecule has 1 aromatic rings. The zero-order valence-corrected chi connectivity index (χ0v) is 16.3. The van der Waals surface area contributed by atoms with Gasteiger partial charge in [-0.05, 0) is 26.0 Å². The average molecular weight is 405 g/mol. The Morgan fingerprint density at radius 3 is 2.54 bits per heavy atom. The summed E-state index contributed by atoms with van der Waals surface area (Å²) in [6, 6.07) is 4.18. The number of hydrogen-bond donors (Lipinski definition) is 1. The summed E-state index contributed by atoms with van der Waals surface area (Å²) in [5, 5.41) is 13.5. The molecule has 28 heavy (non-hydrogen) atoms. The predicted molar refractivity (Wildman–Crippen MR) is 103 cm³/mol. The first-order valence-electron chi connectivity index (χ1n) is 8.55. The number of nitrogens with one attached hydrogen (secondary N) is 1. The molecule has 2 aliphatic rings. The molecule has 11 heteroatoms. The number of benzene rings is 1. The van der Waals surface area contributed by atoms with Crippen LogP contribution in [0.15, 0.2) is 29.3 Å². The highest BCUT2D eigenvalue weighted by Gasteiger charge is 2.49. The Morgan fingerprint density at radius 1 is 1.32 bits per heavy atom. The number of carbonyl (C=O) groups is 3. The summed E-state index contributed by atoms with van der Waals surface area (Å²) in [7, 11) is 1.57. The van der Waals surface area contributed by atoms with Gasteiger partial charge in [-0.15, -0.1) is 0 Å². The van der Waals surface area contributed by atoms with Crippen molar-refractivity contribution in [1.82, 2.24) is 15.1 Å². The Bertz CT molecular complexity index is 869. The third-order valence-corrected chi connectivity index (χ3v) is 5.53. The topological polar surface area (TPSA) is 125 Å². The number of likely N-dealkylation sites (N-methyl/N-ethyl adjacent to an activating group) is 1. The molecule has 1 aromatic carbocycles. The largest absolute Gasteiger partial charge is 0.333 e. The molecular formula is C17H19N5O5S. The number of urea groups is 1. The van der Waals surface area contributed by atoms with E-state index in [0.29, 0.717) is 10.7 Å². The molecule has 0 aliphatic carbocycles. The number of aliphatic imine (C=N–C) groups is 1. The number of imide groups is 1. The quantitative estimate of drug-likeness (QED) is 0.447. The van der Waals surface area contributed by atoms with E-state index in [-0.39, 0.29) is 23.3 Å². The Kier molecular flexibility index (Phi) is 5.36. The molecule has 2 aliphatic heterocycles. The number of amides is 3. The highest BCUT2D eigenvalue weighted by Crippen LogP contribution is 2.30. The van der Waals surface area contributed by atoms with E-state index in [9.17, 15) is 24.5 Å². The lowest BCUT2D eigenvalue weighted by Crippen LogP contribution is -2.64. The standard InChI is InChI=1S/C17H19N5O5S/c1-9(2)21-13-14(20(3)16(25)19-15(13)24)18-17(21)28-8-12(23)10-4-6-11(7-5-10)22(26)27/h4-7,9,13-14H,8H2,1-3H3,(H,19,24,25). The number of nitrogens with zero attached hydrogens (tertiary/aromatic N) is 4. The second-order valence-corrected chi connectivity index (χ2v) is 7.63. The third-order valence-electron chi connectivity index (χ3n) is 4.55. The van der Waals surface area contributed by atoms with Gasteiger partial charge in [0.2, 0.25) is 0 Å². The van der Waals surface area contributed by atoms with Crippen molar-refractivity contribution in [2.45, 2.75) is 32.1 Å². The van der Waals surface area contributed by atoms with Crippen LogP contribution in [-0.2, 0) is 4.79 Å². The zero-order chi connectivity index (χ0) is 20.6. The molecule has 3 amide bonds. The lowest BCUT2D eigenvalue weighted by Gasteiger charge is -2.37. The third kappa shape index (κ3) is 3.57. The highest BCUT2D eigenvalue weighted by atomic mass is 32.2. The molecule has 1 fully saturated rings. The van der Waals surface area contributed by atoms with Crippen molar-refractivity contribution in [2.75, 3.05) is 12.8 Å². The Hall–Kier alpha value is -2.95. The minimum absolute atomic E-state index is 0.0542. The van der Waals surface area contributed by atoms with Gasteiger partial charge in [-0.2, -0.15) is 0 Å². The second kappa shape index (κ2) is 7.58. The number of thioether (sulfide) groups is 1. The molecule has 2 atom stereocenters. The van der Waals surface area contributed by atoms with Gasteiger partial charge in [0.15, 0.2) is 23.2 Å². The van der Waals surface area contributed by atoms with Crippen LogP contribution in [0.2, 0.25) is 0 Å². The van der Waals surface area contributed by atoms with E-state index in [4.69, 9.17) is 0 Å². The highest BCUT2D eigenvalue weighted by molar-refractivity contribution is 8.14. The van der Waals surface area contributed by atoms with Crippen LogP contribution in [-0.4, -0.2) is 68.7 Å². The van der Waals surface area contributed by atoms with Gasteiger partial charge >= 0.3 is 6.03 Å². The van der Waals surface area contributed by atoms with E-state index in [1.54, 1.807) is 11.9 Å². The molecule has 0 aromatic heterocycles. The van der Waals surface area contributed by atoms with Crippen molar-refractivity contribution in [2.24, 2.45) is 4.99 Å². The molecule has 2 heterocycles. The first kappa shape index (κ1) is 19.8. The van der Waals surface area contributed by atoms with Crippen molar-refractivity contribution in [1.29, 1.82) is 0 Å². The van der Waals surface area contributed by atoms with Gasteiger partial charge in [0.1, 0.15) is 0 Å². The van der Waals surface area contributed by atoms with Crippen LogP contribution in [0.25, 0.3) is 0 Å². The number of carbonyl (C=O) groups excluding carboxylic acids is 3. The minimum Gasteiger partial charge on any atom is -0.333 e. The lowest BCUT2D eigenvalue weighted by atomic mass is 10.1. The maximum absolute atomic E-state index is 12.4. The summed E-state index contributed by atoms with van der Waals surface area (Å²) >= 11 is 1.18. The molecule has 3 rings (SSSR count).